The lowest BCUT2D eigenvalue weighted by molar-refractivity contribution is -0.154. The maximum Gasteiger partial charge on any atom is 0.312 e. The number of hydrogen-bond donors (Lipinski definition) is 2. The topological polar surface area (TPSA) is 107 Å². The molecule has 2 aliphatic rings. The lowest BCUT2D eigenvalue weighted by atomic mass is 9.73. The fraction of sp³-hybridized carbons (Fsp3) is 0.500. The molecule has 2 atom stereocenters. The molecule has 1 aromatic heterocycles. The number of aliphatic carboxylic acids is 1. The van der Waals surface area contributed by atoms with Crippen molar-refractivity contribution in [3.63, 3.8) is 0 Å². The van der Waals surface area contributed by atoms with Crippen molar-refractivity contribution in [2.45, 2.75) is 37.5 Å². The second kappa shape index (κ2) is 9.60. The summed E-state index contributed by atoms with van der Waals surface area (Å²) in [6.07, 6.45) is 6.70. The number of carbonyl (C=O) groups is 1. The number of piperazine rings is 1. The Bertz CT molecular complexity index is 959. The van der Waals surface area contributed by atoms with E-state index in [9.17, 15) is 23.1 Å². The summed E-state index contributed by atoms with van der Waals surface area (Å²) in [4.78, 5) is 24.9. The van der Waals surface area contributed by atoms with Crippen LogP contribution in [0.2, 0.25) is 0 Å². The van der Waals surface area contributed by atoms with Crippen LogP contribution in [-0.2, 0) is 15.9 Å². The number of rotatable bonds is 6. The van der Waals surface area contributed by atoms with E-state index >= 15 is 0 Å². The highest BCUT2D eigenvalue weighted by Crippen LogP contribution is 2.43. The third-order valence-corrected chi connectivity index (χ3v) is 7.71. The highest BCUT2D eigenvalue weighted by Gasteiger charge is 2.52. The summed E-state index contributed by atoms with van der Waals surface area (Å²) in [6, 6.07) is 6.12. The van der Waals surface area contributed by atoms with Crippen molar-refractivity contribution in [1.29, 1.82) is 0 Å². The Morgan fingerprint density at radius 3 is 2.12 bits per heavy atom. The highest BCUT2D eigenvalue weighted by atomic mass is 32.2. The lowest BCUT2D eigenvalue weighted by Crippen LogP contribution is -2.60. The molecule has 2 heterocycles. The fourth-order valence-electron chi connectivity index (χ4n) is 4.85. The molecule has 0 amide bonds. The summed E-state index contributed by atoms with van der Waals surface area (Å²) >= 11 is -2.27. The normalized spacial score (nSPS) is 21.1. The summed E-state index contributed by atoms with van der Waals surface area (Å²) in [6.45, 7) is 1.96. The standard InChI is InChI=1S/C22H27FN4O4S/c23-18-6-4-16(5-7-18)17-14-24-21(25-15-17)27-12-10-26(11-13-27)19(32(30)31)22(20(28)29)8-2-1-3-9-22/h4-7,14-15,19H,1-3,8-13H2,(H,28,29)(H,30,31). The van der Waals surface area contributed by atoms with Crippen molar-refractivity contribution in [3.05, 3.63) is 42.5 Å². The molecule has 172 valence electrons. The second-order valence-corrected chi connectivity index (χ2v) is 9.45. The minimum atomic E-state index is -2.27. The van der Waals surface area contributed by atoms with Gasteiger partial charge in [0.05, 0.1) is 5.41 Å². The van der Waals surface area contributed by atoms with Gasteiger partial charge >= 0.3 is 5.97 Å². The van der Waals surface area contributed by atoms with Gasteiger partial charge in [-0.1, -0.05) is 31.4 Å². The summed E-state index contributed by atoms with van der Waals surface area (Å²) in [5, 5.41) is 9.05. The van der Waals surface area contributed by atoms with Gasteiger partial charge in [0, 0.05) is 44.1 Å². The molecule has 1 saturated carbocycles. The molecule has 1 saturated heterocycles. The Morgan fingerprint density at radius 1 is 1.00 bits per heavy atom. The quantitative estimate of drug-likeness (QED) is 0.631. The van der Waals surface area contributed by atoms with Crippen molar-refractivity contribution < 1.29 is 23.1 Å². The predicted molar refractivity (Wildman–Crippen MR) is 119 cm³/mol. The third-order valence-electron chi connectivity index (χ3n) is 6.58. The molecule has 2 aromatic rings. The molecule has 0 radical (unpaired) electrons. The molecule has 0 bridgehead atoms. The van der Waals surface area contributed by atoms with E-state index in [0.29, 0.717) is 45.0 Å². The largest absolute Gasteiger partial charge is 0.481 e. The zero-order valence-corrected chi connectivity index (χ0v) is 18.5. The van der Waals surface area contributed by atoms with Crippen LogP contribution >= 0.6 is 0 Å². The van der Waals surface area contributed by atoms with Crippen LogP contribution in [0.25, 0.3) is 11.1 Å². The first-order chi connectivity index (χ1) is 15.4. The average molecular weight is 463 g/mol. The van der Waals surface area contributed by atoms with Crippen molar-refractivity contribution >= 4 is 23.0 Å². The molecular formula is C22H27FN4O4S. The van der Waals surface area contributed by atoms with Gasteiger partial charge in [-0.3, -0.25) is 9.69 Å². The molecule has 2 fully saturated rings. The van der Waals surface area contributed by atoms with E-state index in [0.717, 1.165) is 30.4 Å². The monoisotopic (exact) mass is 462 g/mol. The van der Waals surface area contributed by atoms with Gasteiger partial charge < -0.3 is 14.6 Å². The SMILES string of the molecule is O=C(O)C1(C(N2CCN(c3ncc(-c4ccc(F)cc4)cn3)CC2)S(=O)O)CCCCC1. The first kappa shape index (κ1) is 22.8. The Labute approximate surface area is 188 Å². The average Bonchev–Trinajstić information content (AvgIpc) is 2.81. The highest BCUT2D eigenvalue weighted by molar-refractivity contribution is 7.79. The molecule has 32 heavy (non-hydrogen) atoms. The molecule has 2 unspecified atom stereocenters. The van der Waals surface area contributed by atoms with E-state index in [4.69, 9.17) is 0 Å². The predicted octanol–water partition coefficient (Wildman–Crippen LogP) is 2.99. The lowest BCUT2D eigenvalue weighted by Gasteiger charge is -2.46. The van der Waals surface area contributed by atoms with Gasteiger partial charge in [0.2, 0.25) is 5.95 Å². The molecule has 1 aliphatic carbocycles. The van der Waals surface area contributed by atoms with Crippen molar-refractivity contribution in [2.75, 3.05) is 31.1 Å². The second-order valence-electron chi connectivity index (χ2n) is 8.45. The molecular weight excluding hydrogens is 435 g/mol. The number of nitrogens with zero attached hydrogens (tertiary/aromatic N) is 4. The van der Waals surface area contributed by atoms with Crippen LogP contribution < -0.4 is 4.90 Å². The molecule has 2 N–H and O–H groups in total. The summed E-state index contributed by atoms with van der Waals surface area (Å²) in [5.41, 5.74) is 0.416. The minimum absolute atomic E-state index is 0.302. The Hall–Kier alpha value is -2.43. The molecule has 1 aromatic carbocycles. The van der Waals surface area contributed by atoms with Crippen LogP contribution in [0.1, 0.15) is 32.1 Å². The molecule has 1 aliphatic heterocycles. The summed E-state index contributed by atoms with van der Waals surface area (Å²) < 4.78 is 35.5. The number of anilines is 1. The first-order valence-corrected chi connectivity index (χ1v) is 12.0. The van der Waals surface area contributed by atoms with Gasteiger partial charge in [-0.2, -0.15) is 0 Å². The van der Waals surface area contributed by atoms with Gasteiger partial charge in [0.15, 0.2) is 11.1 Å². The Balaban J connectivity index is 1.45. The van der Waals surface area contributed by atoms with E-state index in [2.05, 4.69) is 9.97 Å². The Morgan fingerprint density at radius 2 is 1.59 bits per heavy atom. The number of hydrogen-bond acceptors (Lipinski definition) is 6. The van der Waals surface area contributed by atoms with Crippen LogP contribution in [0.3, 0.4) is 0 Å². The van der Waals surface area contributed by atoms with Crippen molar-refractivity contribution in [3.8, 4) is 11.1 Å². The third kappa shape index (κ3) is 4.53. The van der Waals surface area contributed by atoms with Gasteiger partial charge in [-0.15, -0.1) is 0 Å². The maximum absolute atomic E-state index is 13.1. The van der Waals surface area contributed by atoms with Gasteiger partial charge in [0.1, 0.15) is 11.2 Å². The number of carboxylic acids is 1. The van der Waals surface area contributed by atoms with Crippen LogP contribution in [0.4, 0.5) is 10.3 Å². The van der Waals surface area contributed by atoms with E-state index < -0.39 is 27.8 Å². The van der Waals surface area contributed by atoms with Crippen molar-refractivity contribution in [1.82, 2.24) is 14.9 Å². The van der Waals surface area contributed by atoms with Gasteiger partial charge in [-0.25, -0.2) is 18.6 Å². The van der Waals surface area contributed by atoms with Crippen LogP contribution in [0, 0.1) is 11.2 Å². The molecule has 8 nitrogen and oxygen atoms in total. The minimum Gasteiger partial charge on any atom is -0.481 e. The van der Waals surface area contributed by atoms with E-state index in [1.807, 2.05) is 9.80 Å². The maximum atomic E-state index is 13.1. The summed E-state index contributed by atoms with van der Waals surface area (Å²) in [7, 11) is 0. The van der Waals surface area contributed by atoms with Crippen LogP contribution in [0.5, 0.6) is 0 Å². The zero-order valence-electron chi connectivity index (χ0n) is 17.7. The van der Waals surface area contributed by atoms with E-state index in [1.54, 1.807) is 24.5 Å². The molecule has 0 spiro atoms. The number of benzene rings is 1. The first-order valence-electron chi connectivity index (χ1n) is 10.8. The molecule has 4 rings (SSSR count). The molecule has 10 heteroatoms. The van der Waals surface area contributed by atoms with Gasteiger partial charge in [0.25, 0.3) is 0 Å². The zero-order chi connectivity index (χ0) is 22.7. The smallest absolute Gasteiger partial charge is 0.312 e. The Kier molecular flexibility index (Phi) is 6.82. The van der Waals surface area contributed by atoms with Gasteiger partial charge in [-0.05, 0) is 30.5 Å². The van der Waals surface area contributed by atoms with Crippen LogP contribution in [-0.4, -0.2) is 66.3 Å². The number of halogens is 1. The van der Waals surface area contributed by atoms with E-state index in [-0.39, 0.29) is 5.82 Å². The summed E-state index contributed by atoms with van der Waals surface area (Å²) in [5.74, 6) is -0.737. The van der Waals surface area contributed by atoms with Crippen molar-refractivity contribution in [2.24, 2.45) is 5.41 Å². The number of carboxylic acid groups (broad SMARTS) is 1. The fourth-order valence-corrected chi connectivity index (χ4v) is 6.04. The number of aromatic nitrogens is 2. The van der Waals surface area contributed by atoms with Crippen LogP contribution in [0.15, 0.2) is 36.7 Å². The van der Waals surface area contributed by atoms with E-state index in [1.165, 1.54) is 12.1 Å².